The summed E-state index contributed by atoms with van der Waals surface area (Å²) < 4.78 is 0. The summed E-state index contributed by atoms with van der Waals surface area (Å²) in [6, 6.07) is 7.45. The van der Waals surface area contributed by atoms with Crippen LogP contribution in [0, 0.1) is 10.1 Å². The topological polar surface area (TPSA) is 130 Å². The highest BCUT2D eigenvalue weighted by Crippen LogP contribution is 2.28. The highest BCUT2D eigenvalue weighted by Gasteiger charge is 2.21. The molecule has 8 nitrogen and oxygen atoms in total. The number of nitrogens with zero attached hydrogens (tertiary/aromatic N) is 1. The number of phenols is 1. The van der Waals surface area contributed by atoms with E-state index < -0.39 is 22.5 Å². The van der Waals surface area contributed by atoms with Gasteiger partial charge >= 0.3 is 5.97 Å². The minimum Gasteiger partial charge on any atom is -0.506 e. The Hall–Kier alpha value is -3.13. The molecule has 0 aliphatic heterocycles. The van der Waals surface area contributed by atoms with E-state index in [9.17, 15) is 24.8 Å². The Labute approximate surface area is 140 Å². The lowest BCUT2D eigenvalue weighted by molar-refractivity contribution is -0.385. The van der Waals surface area contributed by atoms with Gasteiger partial charge < -0.3 is 15.5 Å². The van der Waals surface area contributed by atoms with Gasteiger partial charge in [0.25, 0.3) is 11.6 Å². The van der Waals surface area contributed by atoms with Crippen molar-refractivity contribution < 1.29 is 24.7 Å². The van der Waals surface area contributed by atoms with Gasteiger partial charge in [-0.15, -0.1) is 0 Å². The van der Waals surface area contributed by atoms with Crippen LogP contribution in [0.4, 0.5) is 11.4 Å². The van der Waals surface area contributed by atoms with Crippen LogP contribution >= 0.6 is 11.6 Å². The summed E-state index contributed by atoms with van der Waals surface area (Å²) >= 11 is 5.69. The standard InChI is InChI=1S/C15H11ClN2O6/c16-9-2-3-10(12(7-9)18(23)24)15(22)17-11-5-8(6-14(20)21)1-4-13(11)19/h1-5,7,19H,6H2,(H,17,22)(H,20,21). The van der Waals surface area contributed by atoms with E-state index >= 15 is 0 Å². The second kappa shape index (κ2) is 6.97. The lowest BCUT2D eigenvalue weighted by Crippen LogP contribution is -2.14. The Balaban J connectivity index is 2.33. The van der Waals surface area contributed by atoms with Crippen molar-refractivity contribution in [3.8, 4) is 5.75 Å². The number of hydrogen-bond acceptors (Lipinski definition) is 5. The number of halogens is 1. The molecule has 0 spiro atoms. The smallest absolute Gasteiger partial charge is 0.307 e. The predicted molar refractivity (Wildman–Crippen MR) is 85.5 cm³/mol. The molecule has 0 radical (unpaired) electrons. The number of nitro benzene ring substituents is 1. The molecule has 0 aromatic heterocycles. The normalized spacial score (nSPS) is 10.2. The summed E-state index contributed by atoms with van der Waals surface area (Å²) in [4.78, 5) is 33.3. The Morgan fingerprint density at radius 3 is 2.54 bits per heavy atom. The fraction of sp³-hybridized carbons (Fsp3) is 0.0667. The lowest BCUT2D eigenvalue weighted by atomic mass is 10.1. The van der Waals surface area contributed by atoms with Crippen LogP contribution in [0.15, 0.2) is 36.4 Å². The maximum absolute atomic E-state index is 12.3. The van der Waals surface area contributed by atoms with E-state index in [1.165, 1.54) is 30.3 Å². The zero-order chi connectivity index (χ0) is 17.9. The third-order valence-electron chi connectivity index (χ3n) is 3.07. The number of nitro groups is 1. The summed E-state index contributed by atoms with van der Waals surface area (Å²) in [5.41, 5.74) is -0.433. The summed E-state index contributed by atoms with van der Waals surface area (Å²) in [5, 5.41) is 32.0. The quantitative estimate of drug-likeness (QED) is 0.432. The molecule has 0 heterocycles. The third-order valence-corrected chi connectivity index (χ3v) is 3.30. The first-order valence-electron chi connectivity index (χ1n) is 6.57. The first-order valence-corrected chi connectivity index (χ1v) is 6.94. The SMILES string of the molecule is O=C(O)Cc1ccc(O)c(NC(=O)c2ccc(Cl)cc2[N+](=O)[O-])c1. The van der Waals surface area contributed by atoms with Crippen LogP contribution in [-0.4, -0.2) is 27.0 Å². The number of hydrogen-bond donors (Lipinski definition) is 3. The number of phenolic OH excluding ortho intramolecular Hbond substituents is 1. The van der Waals surface area contributed by atoms with Crippen LogP contribution in [0.25, 0.3) is 0 Å². The monoisotopic (exact) mass is 350 g/mol. The molecule has 2 aromatic rings. The second-order valence-electron chi connectivity index (χ2n) is 4.79. The van der Waals surface area contributed by atoms with E-state index in [2.05, 4.69) is 5.32 Å². The number of aliphatic carboxylic acids is 1. The minimum atomic E-state index is -1.08. The van der Waals surface area contributed by atoms with E-state index in [0.717, 1.165) is 6.07 Å². The molecular weight excluding hydrogens is 340 g/mol. The predicted octanol–water partition coefficient (Wildman–Crippen LogP) is 2.83. The molecule has 3 N–H and O–H groups in total. The van der Waals surface area contributed by atoms with Crippen molar-refractivity contribution in [2.75, 3.05) is 5.32 Å². The van der Waals surface area contributed by atoms with E-state index in [1.807, 2.05) is 0 Å². The Bertz CT molecular complexity index is 837. The highest BCUT2D eigenvalue weighted by atomic mass is 35.5. The molecule has 0 saturated carbocycles. The second-order valence-corrected chi connectivity index (χ2v) is 5.23. The zero-order valence-corrected chi connectivity index (χ0v) is 12.8. The van der Waals surface area contributed by atoms with Gasteiger partial charge in [-0.2, -0.15) is 0 Å². The average Bonchev–Trinajstić information content (AvgIpc) is 2.49. The van der Waals surface area contributed by atoms with Crippen molar-refractivity contribution in [3.63, 3.8) is 0 Å². The van der Waals surface area contributed by atoms with Crippen LogP contribution in [-0.2, 0) is 11.2 Å². The number of aromatic hydroxyl groups is 1. The Kier molecular flexibility index (Phi) is 5.00. The lowest BCUT2D eigenvalue weighted by Gasteiger charge is -2.09. The van der Waals surface area contributed by atoms with E-state index in [-0.39, 0.29) is 28.4 Å². The largest absolute Gasteiger partial charge is 0.506 e. The van der Waals surface area contributed by atoms with Crippen molar-refractivity contribution in [2.24, 2.45) is 0 Å². The molecule has 0 bridgehead atoms. The molecule has 0 aliphatic rings. The number of rotatable bonds is 5. The van der Waals surface area contributed by atoms with E-state index in [0.29, 0.717) is 5.56 Å². The molecule has 0 atom stereocenters. The fourth-order valence-electron chi connectivity index (χ4n) is 2.01. The molecule has 24 heavy (non-hydrogen) atoms. The van der Waals surface area contributed by atoms with Crippen molar-refractivity contribution in [1.29, 1.82) is 0 Å². The van der Waals surface area contributed by atoms with Gasteiger partial charge in [0.05, 0.1) is 17.0 Å². The van der Waals surface area contributed by atoms with Crippen LogP contribution < -0.4 is 5.32 Å². The van der Waals surface area contributed by atoms with Crippen LogP contribution in [0.1, 0.15) is 15.9 Å². The maximum atomic E-state index is 12.3. The van der Waals surface area contributed by atoms with Gasteiger partial charge in [-0.3, -0.25) is 19.7 Å². The van der Waals surface area contributed by atoms with Crippen LogP contribution in [0.5, 0.6) is 5.75 Å². The van der Waals surface area contributed by atoms with Crippen LogP contribution in [0.3, 0.4) is 0 Å². The molecule has 9 heteroatoms. The average molecular weight is 351 g/mol. The number of carbonyl (C=O) groups excluding carboxylic acids is 1. The van der Waals surface area contributed by atoms with Gasteiger partial charge in [0.2, 0.25) is 0 Å². The number of nitrogens with one attached hydrogen (secondary N) is 1. The van der Waals surface area contributed by atoms with Crippen molar-refractivity contribution in [2.45, 2.75) is 6.42 Å². The minimum absolute atomic E-state index is 0.0528. The first-order chi connectivity index (χ1) is 11.3. The van der Waals surface area contributed by atoms with Gasteiger partial charge in [0.15, 0.2) is 0 Å². The summed E-state index contributed by atoms with van der Waals surface area (Å²) in [7, 11) is 0. The molecule has 1 amide bonds. The zero-order valence-electron chi connectivity index (χ0n) is 12.0. The van der Waals surface area contributed by atoms with Gasteiger partial charge in [-0.25, -0.2) is 0 Å². The fourth-order valence-corrected chi connectivity index (χ4v) is 2.17. The Morgan fingerprint density at radius 2 is 1.92 bits per heavy atom. The molecular formula is C15H11ClN2O6. The number of carbonyl (C=O) groups is 2. The van der Waals surface area contributed by atoms with E-state index in [4.69, 9.17) is 16.7 Å². The van der Waals surface area contributed by atoms with Crippen molar-refractivity contribution in [3.05, 3.63) is 62.7 Å². The van der Waals surface area contributed by atoms with Gasteiger partial charge in [-0.1, -0.05) is 17.7 Å². The molecule has 0 aliphatic carbocycles. The molecule has 0 saturated heterocycles. The van der Waals surface area contributed by atoms with Gasteiger partial charge in [0, 0.05) is 11.1 Å². The van der Waals surface area contributed by atoms with Crippen LogP contribution in [0.2, 0.25) is 5.02 Å². The summed E-state index contributed by atoms with van der Waals surface area (Å²) in [5.74, 6) is -2.21. The number of carboxylic acids is 1. The molecule has 0 fully saturated rings. The number of carboxylic acid groups (broad SMARTS) is 1. The summed E-state index contributed by atoms with van der Waals surface area (Å²) in [6.45, 7) is 0. The number of anilines is 1. The number of benzene rings is 2. The molecule has 2 aromatic carbocycles. The van der Waals surface area contributed by atoms with Gasteiger partial charge in [-0.05, 0) is 29.8 Å². The first kappa shape index (κ1) is 17.2. The Morgan fingerprint density at radius 1 is 1.21 bits per heavy atom. The molecule has 0 unspecified atom stereocenters. The summed E-state index contributed by atoms with van der Waals surface area (Å²) in [6.07, 6.45) is -0.301. The third kappa shape index (κ3) is 3.99. The molecule has 2 rings (SSSR count). The highest BCUT2D eigenvalue weighted by molar-refractivity contribution is 6.31. The number of amides is 1. The molecule has 124 valence electrons. The van der Waals surface area contributed by atoms with E-state index in [1.54, 1.807) is 0 Å². The maximum Gasteiger partial charge on any atom is 0.307 e. The van der Waals surface area contributed by atoms with Gasteiger partial charge in [0.1, 0.15) is 11.3 Å². The van der Waals surface area contributed by atoms with Crippen molar-refractivity contribution in [1.82, 2.24) is 0 Å². The van der Waals surface area contributed by atoms with Crippen molar-refractivity contribution >= 4 is 34.9 Å².